The third-order valence-electron chi connectivity index (χ3n) is 5.59. The molecule has 26 heavy (non-hydrogen) atoms. The number of nitrogens with zero attached hydrogens (tertiary/aromatic N) is 1. The first-order chi connectivity index (χ1) is 12.7. The topological polar surface area (TPSA) is 38.8 Å². The molecule has 2 aromatic rings. The van der Waals surface area contributed by atoms with Gasteiger partial charge in [-0.1, -0.05) is 67.6 Å². The van der Waals surface area contributed by atoms with Crippen molar-refractivity contribution in [2.75, 3.05) is 13.2 Å². The van der Waals surface area contributed by atoms with Crippen molar-refractivity contribution >= 4 is 5.97 Å². The van der Waals surface area contributed by atoms with Crippen LogP contribution in [0.4, 0.5) is 0 Å². The Kier molecular flexibility index (Phi) is 5.05. The molecule has 0 aliphatic carbocycles. The fourth-order valence-corrected chi connectivity index (χ4v) is 4.23. The summed E-state index contributed by atoms with van der Waals surface area (Å²) < 4.78 is 11.6. The van der Waals surface area contributed by atoms with Crippen LogP contribution in [0.25, 0.3) is 0 Å². The number of esters is 1. The second-order valence-corrected chi connectivity index (χ2v) is 7.30. The van der Waals surface area contributed by atoms with E-state index in [1.165, 1.54) is 11.1 Å². The molecule has 4 atom stereocenters. The van der Waals surface area contributed by atoms with E-state index >= 15 is 0 Å². The highest BCUT2D eigenvalue weighted by molar-refractivity contribution is 5.77. The summed E-state index contributed by atoms with van der Waals surface area (Å²) in [6.45, 7) is 3.86. The largest absolute Gasteiger partial charge is 0.462 e. The van der Waals surface area contributed by atoms with Crippen LogP contribution in [-0.2, 0) is 20.9 Å². The van der Waals surface area contributed by atoms with Crippen LogP contribution in [0.5, 0.6) is 0 Å². The Bertz CT molecular complexity index is 734. The number of morpholine rings is 1. The van der Waals surface area contributed by atoms with Crippen LogP contribution in [0.3, 0.4) is 0 Å². The SMILES string of the molecule is C[C@@H]1C[C@H]2C(=O)OC[C@H](c3ccccc3)N2[C@@H]1COCc1ccccc1. The number of cyclic esters (lactones) is 1. The van der Waals surface area contributed by atoms with Gasteiger partial charge in [0.25, 0.3) is 0 Å². The maximum atomic E-state index is 12.3. The zero-order valence-electron chi connectivity index (χ0n) is 15.1. The van der Waals surface area contributed by atoms with Gasteiger partial charge in [-0.15, -0.1) is 0 Å². The lowest BCUT2D eigenvalue weighted by molar-refractivity contribution is -0.163. The van der Waals surface area contributed by atoms with Crippen LogP contribution in [0.1, 0.15) is 30.5 Å². The van der Waals surface area contributed by atoms with Gasteiger partial charge in [-0.3, -0.25) is 9.69 Å². The molecule has 2 aliphatic rings. The number of rotatable bonds is 5. The van der Waals surface area contributed by atoms with Gasteiger partial charge in [-0.05, 0) is 23.5 Å². The number of ether oxygens (including phenoxy) is 2. The first-order valence-electron chi connectivity index (χ1n) is 9.34. The Labute approximate surface area is 154 Å². The molecule has 4 rings (SSSR count). The van der Waals surface area contributed by atoms with Crippen molar-refractivity contribution in [1.82, 2.24) is 4.90 Å². The maximum absolute atomic E-state index is 12.3. The Morgan fingerprint density at radius 1 is 1.04 bits per heavy atom. The van der Waals surface area contributed by atoms with E-state index in [0.29, 0.717) is 25.7 Å². The van der Waals surface area contributed by atoms with Crippen molar-refractivity contribution < 1.29 is 14.3 Å². The lowest BCUT2D eigenvalue weighted by Crippen LogP contribution is -2.51. The predicted molar refractivity (Wildman–Crippen MR) is 99.4 cm³/mol. The van der Waals surface area contributed by atoms with Gasteiger partial charge in [-0.25, -0.2) is 0 Å². The van der Waals surface area contributed by atoms with Crippen LogP contribution in [0.2, 0.25) is 0 Å². The minimum atomic E-state index is -0.158. The Morgan fingerprint density at radius 3 is 2.46 bits per heavy atom. The Balaban J connectivity index is 1.50. The molecule has 2 saturated heterocycles. The summed E-state index contributed by atoms with van der Waals surface area (Å²) >= 11 is 0. The molecule has 4 heteroatoms. The van der Waals surface area contributed by atoms with Crippen LogP contribution in [0, 0.1) is 5.92 Å². The molecule has 0 aromatic heterocycles. The van der Waals surface area contributed by atoms with Crippen LogP contribution in [0.15, 0.2) is 60.7 Å². The molecule has 136 valence electrons. The van der Waals surface area contributed by atoms with Crippen LogP contribution in [-0.4, -0.2) is 36.2 Å². The van der Waals surface area contributed by atoms with Gasteiger partial charge in [0.1, 0.15) is 12.6 Å². The summed E-state index contributed by atoms with van der Waals surface area (Å²) in [4.78, 5) is 14.7. The first kappa shape index (κ1) is 17.3. The summed E-state index contributed by atoms with van der Waals surface area (Å²) in [7, 11) is 0. The number of hydrogen-bond donors (Lipinski definition) is 0. The van der Waals surface area contributed by atoms with E-state index in [0.717, 1.165) is 6.42 Å². The fraction of sp³-hybridized carbons (Fsp3) is 0.409. The molecular formula is C22H25NO3. The molecule has 0 spiro atoms. The molecule has 0 N–H and O–H groups in total. The number of fused-ring (bicyclic) bond motifs is 1. The van der Waals surface area contributed by atoms with E-state index in [2.05, 4.69) is 36.1 Å². The second kappa shape index (κ2) is 7.60. The van der Waals surface area contributed by atoms with Gasteiger partial charge in [0.15, 0.2) is 0 Å². The minimum Gasteiger partial charge on any atom is -0.462 e. The van der Waals surface area contributed by atoms with E-state index in [-0.39, 0.29) is 24.1 Å². The Hall–Kier alpha value is -2.17. The van der Waals surface area contributed by atoms with Crippen molar-refractivity contribution in [3.8, 4) is 0 Å². The van der Waals surface area contributed by atoms with E-state index < -0.39 is 0 Å². The van der Waals surface area contributed by atoms with E-state index in [9.17, 15) is 4.79 Å². The van der Waals surface area contributed by atoms with Crippen LogP contribution < -0.4 is 0 Å². The number of carbonyl (C=O) groups is 1. The quantitative estimate of drug-likeness (QED) is 0.772. The zero-order valence-corrected chi connectivity index (χ0v) is 15.1. The second-order valence-electron chi connectivity index (χ2n) is 7.30. The van der Waals surface area contributed by atoms with Gasteiger partial charge in [0.05, 0.1) is 19.3 Å². The van der Waals surface area contributed by atoms with Gasteiger partial charge in [0, 0.05) is 6.04 Å². The summed E-state index contributed by atoms with van der Waals surface area (Å²) in [5.41, 5.74) is 2.37. The summed E-state index contributed by atoms with van der Waals surface area (Å²) in [5, 5.41) is 0. The molecule has 0 bridgehead atoms. The maximum Gasteiger partial charge on any atom is 0.323 e. The molecule has 4 nitrogen and oxygen atoms in total. The summed E-state index contributed by atoms with van der Waals surface area (Å²) in [6, 6.07) is 20.7. The minimum absolute atomic E-state index is 0.0883. The molecule has 0 saturated carbocycles. The number of carbonyl (C=O) groups excluding carboxylic acids is 1. The lowest BCUT2D eigenvalue weighted by Gasteiger charge is -2.40. The average Bonchev–Trinajstić information content (AvgIpc) is 3.01. The van der Waals surface area contributed by atoms with Gasteiger partial charge >= 0.3 is 5.97 Å². The smallest absolute Gasteiger partial charge is 0.323 e. The first-order valence-corrected chi connectivity index (χ1v) is 9.34. The summed E-state index contributed by atoms with van der Waals surface area (Å²) in [5.74, 6) is 0.308. The van der Waals surface area contributed by atoms with Crippen LogP contribution >= 0.6 is 0 Å². The van der Waals surface area contributed by atoms with E-state index in [4.69, 9.17) is 9.47 Å². The fourth-order valence-electron chi connectivity index (χ4n) is 4.23. The molecule has 0 unspecified atom stereocenters. The van der Waals surface area contributed by atoms with Gasteiger partial charge in [-0.2, -0.15) is 0 Å². The molecule has 2 fully saturated rings. The predicted octanol–water partition coefficient (Wildman–Crippen LogP) is 3.58. The monoisotopic (exact) mass is 351 g/mol. The number of hydrogen-bond acceptors (Lipinski definition) is 4. The highest BCUT2D eigenvalue weighted by Crippen LogP contribution is 2.40. The third-order valence-corrected chi connectivity index (χ3v) is 5.59. The van der Waals surface area contributed by atoms with Crippen molar-refractivity contribution in [2.24, 2.45) is 5.92 Å². The molecule has 2 aromatic carbocycles. The molecule has 2 aliphatic heterocycles. The highest BCUT2D eigenvalue weighted by atomic mass is 16.5. The lowest BCUT2D eigenvalue weighted by atomic mass is 10.0. The Morgan fingerprint density at radius 2 is 1.73 bits per heavy atom. The average molecular weight is 351 g/mol. The third kappa shape index (κ3) is 3.39. The summed E-state index contributed by atoms with van der Waals surface area (Å²) in [6.07, 6.45) is 0.835. The normalized spacial score (nSPS) is 28.6. The van der Waals surface area contributed by atoms with Crippen molar-refractivity contribution in [3.05, 3.63) is 71.8 Å². The standard InChI is InChI=1S/C22H25NO3/c1-16-12-19-22(24)26-15-21(18-10-6-3-7-11-18)23(19)20(16)14-25-13-17-8-4-2-5-9-17/h2-11,16,19-21H,12-15H2,1H3/t16-,19+,20-,21-/m1/s1. The van der Waals surface area contributed by atoms with Gasteiger partial charge < -0.3 is 9.47 Å². The highest BCUT2D eigenvalue weighted by Gasteiger charge is 2.49. The number of benzene rings is 2. The van der Waals surface area contributed by atoms with Gasteiger partial charge in [0.2, 0.25) is 0 Å². The molecule has 2 heterocycles. The zero-order chi connectivity index (χ0) is 17.9. The van der Waals surface area contributed by atoms with Crippen molar-refractivity contribution in [2.45, 2.75) is 38.1 Å². The van der Waals surface area contributed by atoms with E-state index in [1.54, 1.807) is 0 Å². The van der Waals surface area contributed by atoms with Crippen molar-refractivity contribution in [3.63, 3.8) is 0 Å². The molecular weight excluding hydrogens is 326 g/mol. The van der Waals surface area contributed by atoms with E-state index in [1.807, 2.05) is 36.4 Å². The molecule has 0 amide bonds. The van der Waals surface area contributed by atoms with Crippen molar-refractivity contribution in [1.29, 1.82) is 0 Å². The molecule has 0 radical (unpaired) electrons.